The van der Waals surface area contributed by atoms with Crippen LogP contribution in [0.25, 0.3) is 0 Å². The summed E-state index contributed by atoms with van der Waals surface area (Å²) in [5, 5.41) is 3.48. The second-order valence-corrected chi connectivity index (χ2v) is 6.11. The van der Waals surface area contributed by atoms with Gasteiger partial charge in [-0.1, -0.05) is 26.0 Å². The van der Waals surface area contributed by atoms with Gasteiger partial charge in [0.1, 0.15) is 5.82 Å². The van der Waals surface area contributed by atoms with Gasteiger partial charge in [-0.05, 0) is 43.9 Å². The predicted octanol–water partition coefficient (Wildman–Crippen LogP) is 3.29. The zero-order valence-corrected chi connectivity index (χ0v) is 13.0. The van der Waals surface area contributed by atoms with Gasteiger partial charge in [-0.2, -0.15) is 0 Å². The van der Waals surface area contributed by atoms with E-state index in [2.05, 4.69) is 49.7 Å². The fraction of sp³-hybridized carbons (Fsp3) is 0.588. The fourth-order valence-electron chi connectivity index (χ4n) is 2.37. The molecule has 0 aromatic carbocycles. The maximum Gasteiger partial charge on any atom is 0.129 e. The quantitative estimate of drug-likeness (QED) is 0.737. The molecule has 1 heterocycles. The standard InChI is InChI=1S/C17H27N3/c1-5-10-20(16-7-8-16)17-9-6-15(14(4)19-17)12-18-11-13(2)3/h5-6,9,13,16,18H,1,7-8,10-12H2,2-4H3. The van der Waals surface area contributed by atoms with Crippen LogP contribution < -0.4 is 10.2 Å². The maximum absolute atomic E-state index is 4.79. The molecule has 0 radical (unpaired) electrons. The first-order valence-electron chi connectivity index (χ1n) is 7.66. The van der Waals surface area contributed by atoms with Gasteiger partial charge in [0.2, 0.25) is 0 Å². The Bertz CT molecular complexity index is 450. The Kier molecular flexibility index (Phi) is 5.18. The summed E-state index contributed by atoms with van der Waals surface area (Å²) in [7, 11) is 0. The van der Waals surface area contributed by atoms with Crippen LogP contribution in [0.3, 0.4) is 0 Å². The van der Waals surface area contributed by atoms with Crippen molar-refractivity contribution in [1.29, 1.82) is 0 Å². The number of hydrogen-bond donors (Lipinski definition) is 1. The van der Waals surface area contributed by atoms with Crippen LogP contribution in [0.5, 0.6) is 0 Å². The van der Waals surface area contributed by atoms with Gasteiger partial charge in [-0.15, -0.1) is 6.58 Å². The minimum atomic E-state index is 0.671. The summed E-state index contributed by atoms with van der Waals surface area (Å²) in [4.78, 5) is 7.16. The molecule has 0 atom stereocenters. The molecule has 3 heteroatoms. The van der Waals surface area contributed by atoms with Crippen LogP contribution >= 0.6 is 0 Å². The number of nitrogens with one attached hydrogen (secondary N) is 1. The molecular weight excluding hydrogens is 246 g/mol. The Morgan fingerprint density at radius 1 is 1.45 bits per heavy atom. The third kappa shape index (κ3) is 4.07. The summed E-state index contributed by atoms with van der Waals surface area (Å²) in [6.45, 7) is 13.3. The summed E-state index contributed by atoms with van der Waals surface area (Å²) >= 11 is 0. The van der Waals surface area contributed by atoms with E-state index in [1.54, 1.807) is 0 Å². The highest BCUT2D eigenvalue weighted by Gasteiger charge is 2.29. The Morgan fingerprint density at radius 2 is 2.20 bits per heavy atom. The minimum Gasteiger partial charge on any atom is -0.350 e. The molecule has 0 aliphatic heterocycles. The van der Waals surface area contributed by atoms with Crippen molar-refractivity contribution in [3.8, 4) is 0 Å². The predicted molar refractivity (Wildman–Crippen MR) is 86.1 cm³/mol. The lowest BCUT2D eigenvalue weighted by atomic mass is 10.1. The lowest BCUT2D eigenvalue weighted by Crippen LogP contribution is -2.27. The van der Waals surface area contributed by atoms with Crippen LogP contribution in [-0.2, 0) is 6.54 Å². The van der Waals surface area contributed by atoms with Crippen LogP contribution in [0.1, 0.15) is 37.9 Å². The molecule has 1 saturated carbocycles. The SMILES string of the molecule is C=CCN(c1ccc(CNCC(C)C)c(C)n1)C1CC1. The molecule has 3 nitrogen and oxygen atoms in total. The van der Waals surface area contributed by atoms with Crippen molar-refractivity contribution in [3.05, 3.63) is 36.0 Å². The molecule has 1 aromatic heterocycles. The van der Waals surface area contributed by atoms with Crippen LogP contribution in [0, 0.1) is 12.8 Å². The van der Waals surface area contributed by atoms with E-state index in [-0.39, 0.29) is 0 Å². The number of aryl methyl sites for hydroxylation is 1. The fourth-order valence-corrected chi connectivity index (χ4v) is 2.37. The topological polar surface area (TPSA) is 28.2 Å². The third-order valence-corrected chi connectivity index (χ3v) is 3.66. The second-order valence-electron chi connectivity index (χ2n) is 6.11. The molecule has 2 rings (SSSR count). The van der Waals surface area contributed by atoms with Crippen molar-refractivity contribution in [2.45, 2.75) is 46.2 Å². The summed E-state index contributed by atoms with van der Waals surface area (Å²) in [6, 6.07) is 5.04. The van der Waals surface area contributed by atoms with Gasteiger partial charge < -0.3 is 10.2 Å². The Morgan fingerprint density at radius 3 is 2.75 bits per heavy atom. The molecule has 1 aliphatic rings. The van der Waals surface area contributed by atoms with E-state index < -0.39 is 0 Å². The highest BCUT2D eigenvalue weighted by molar-refractivity contribution is 5.44. The molecule has 0 spiro atoms. The first kappa shape index (κ1) is 15.0. The average Bonchev–Trinajstić information content (AvgIpc) is 3.22. The molecule has 1 aliphatic carbocycles. The van der Waals surface area contributed by atoms with Gasteiger partial charge in [0, 0.05) is 24.8 Å². The zero-order chi connectivity index (χ0) is 14.5. The van der Waals surface area contributed by atoms with Gasteiger partial charge >= 0.3 is 0 Å². The van der Waals surface area contributed by atoms with E-state index in [9.17, 15) is 0 Å². The first-order chi connectivity index (χ1) is 9.61. The number of rotatable bonds is 8. The van der Waals surface area contributed by atoms with Crippen molar-refractivity contribution in [3.63, 3.8) is 0 Å². The normalized spacial score (nSPS) is 14.6. The lowest BCUT2D eigenvalue weighted by molar-refractivity contribution is 0.551. The largest absolute Gasteiger partial charge is 0.350 e. The minimum absolute atomic E-state index is 0.671. The summed E-state index contributed by atoms with van der Waals surface area (Å²) in [6.07, 6.45) is 4.53. The third-order valence-electron chi connectivity index (χ3n) is 3.66. The van der Waals surface area contributed by atoms with Gasteiger partial charge in [-0.25, -0.2) is 4.98 Å². The Labute approximate surface area is 123 Å². The van der Waals surface area contributed by atoms with Crippen molar-refractivity contribution in [2.24, 2.45) is 5.92 Å². The summed E-state index contributed by atoms with van der Waals surface area (Å²) in [5.41, 5.74) is 2.43. The van der Waals surface area contributed by atoms with E-state index in [4.69, 9.17) is 4.98 Å². The molecule has 20 heavy (non-hydrogen) atoms. The highest BCUT2D eigenvalue weighted by Crippen LogP contribution is 2.30. The summed E-state index contributed by atoms with van der Waals surface area (Å²) < 4.78 is 0. The number of anilines is 1. The van der Waals surface area contributed by atoms with E-state index in [0.717, 1.165) is 31.1 Å². The molecule has 0 saturated heterocycles. The molecule has 1 aromatic rings. The van der Waals surface area contributed by atoms with Crippen LogP contribution in [0.2, 0.25) is 0 Å². The van der Waals surface area contributed by atoms with Gasteiger partial charge in [0.05, 0.1) is 0 Å². The number of nitrogens with zero attached hydrogens (tertiary/aromatic N) is 2. The molecule has 1 N–H and O–H groups in total. The van der Waals surface area contributed by atoms with E-state index in [1.165, 1.54) is 18.4 Å². The van der Waals surface area contributed by atoms with E-state index in [0.29, 0.717) is 12.0 Å². The summed E-state index contributed by atoms with van der Waals surface area (Å²) in [5.74, 6) is 1.78. The smallest absolute Gasteiger partial charge is 0.129 e. The van der Waals surface area contributed by atoms with Crippen LogP contribution in [0.4, 0.5) is 5.82 Å². The van der Waals surface area contributed by atoms with Crippen molar-refractivity contribution in [2.75, 3.05) is 18.0 Å². The number of aromatic nitrogens is 1. The van der Waals surface area contributed by atoms with Gasteiger partial charge in [0.25, 0.3) is 0 Å². The second kappa shape index (κ2) is 6.89. The highest BCUT2D eigenvalue weighted by atomic mass is 15.2. The van der Waals surface area contributed by atoms with Gasteiger partial charge in [-0.3, -0.25) is 0 Å². The number of hydrogen-bond acceptors (Lipinski definition) is 3. The molecule has 0 unspecified atom stereocenters. The van der Waals surface area contributed by atoms with Gasteiger partial charge in [0.15, 0.2) is 0 Å². The molecule has 110 valence electrons. The zero-order valence-electron chi connectivity index (χ0n) is 13.0. The molecular formula is C17H27N3. The van der Waals surface area contributed by atoms with E-state index >= 15 is 0 Å². The monoisotopic (exact) mass is 273 g/mol. The Balaban J connectivity index is 2.02. The van der Waals surface area contributed by atoms with Crippen molar-refractivity contribution < 1.29 is 0 Å². The molecule has 1 fully saturated rings. The average molecular weight is 273 g/mol. The molecule has 0 amide bonds. The van der Waals surface area contributed by atoms with Crippen LogP contribution in [-0.4, -0.2) is 24.1 Å². The maximum atomic E-state index is 4.79. The van der Waals surface area contributed by atoms with E-state index in [1.807, 2.05) is 6.08 Å². The van der Waals surface area contributed by atoms with Crippen molar-refractivity contribution >= 4 is 5.82 Å². The molecule has 0 bridgehead atoms. The van der Waals surface area contributed by atoms with Crippen LogP contribution in [0.15, 0.2) is 24.8 Å². The number of pyridine rings is 1. The van der Waals surface area contributed by atoms with Crippen molar-refractivity contribution in [1.82, 2.24) is 10.3 Å². The first-order valence-corrected chi connectivity index (χ1v) is 7.66. The Hall–Kier alpha value is -1.35. The lowest BCUT2D eigenvalue weighted by Gasteiger charge is -2.22.